The summed E-state index contributed by atoms with van der Waals surface area (Å²) in [6, 6.07) is -0.0156. The highest BCUT2D eigenvalue weighted by atomic mass is 79.9. The second-order valence-electron chi connectivity index (χ2n) is 7.64. The molecule has 3 heterocycles. The average molecular weight is 438 g/mol. The van der Waals surface area contributed by atoms with Crippen molar-refractivity contribution in [1.29, 1.82) is 0 Å². The van der Waals surface area contributed by atoms with E-state index in [9.17, 15) is 9.59 Å². The Labute approximate surface area is 166 Å². The Morgan fingerprint density at radius 3 is 2.81 bits per heavy atom. The van der Waals surface area contributed by atoms with Crippen molar-refractivity contribution in [2.24, 2.45) is 0 Å². The normalized spacial score (nSPS) is 17.2. The predicted molar refractivity (Wildman–Crippen MR) is 108 cm³/mol. The van der Waals surface area contributed by atoms with Crippen molar-refractivity contribution >= 4 is 50.3 Å². The monoisotopic (exact) mass is 437 g/mol. The lowest BCUT2D eigenvalue weighted by atomic mass is 10.2. The minimum Gasteiger partial charge on any atom is -0.444 e. The maximum atomic E-state index is 12.0. The number of aromatic nitrogens is 2. The molecule has 2 aromatic rings. The molecule has 0 spiro atoms. The van der Waals surface area contributed by atoms with E-state index in [2.05, 4.69) is 41.4 Å². The molecule has 8 nitrogen and oxygen atoms in total. The molecule has 146 valence electrons. The first-order valence-electron chi connectivity index (χ1n) is 8.81. The molecule has 27 heavy (non-hydrogen) atoms. The van der Waals surface area contributed by atoms with Crippen molar-refractivity contribution in [1.82, 2.24) is 15.3 Å². The van der Waals surface area contributed by atoms with Crippen LogP contribution in [-0.2, 0) is 9.53 Å². The number of carbonyl (C=O) groups excluding carboxylic acids is 2. The highest BCUT2D eigenvalue weighted by molar-refractivity contribution is 9.10. The number of anilines is 2. The molecule has 0 aromatic carbocycles. The van der Waals surface area contributed by atoms with Crippen LogP contribution < -0.4 is 15.5 Å². The fourth-order valence-corrected chi connectivity index (χ4v) is 3.76. The van der Waals surface area contributed by atoms with Crippen LogP contribution in [0.5, 0.6) is 0 Å². The molecular weight excluding hydrogens is 414 g/mol. The second-order valence-corrected chi connectivity index (χ2v) is 8.49. The van der Waals surface area contributed by atoms with Gasteiger partial charge < -0.3 is 25.3 Å². The molecule has 1 fully saturated rings. The van der Waals surface area contributed by atoms with E-state index in [0.717, 1.165) is 28.5 Å². The van der Waals surface area contributed by atoms with Crippen LogP contribution in [0.25, 0.3) is 11.0 Å². The molecule has 3 rings (SSSR count). The van der Waals surface area contributed by atoms with Crippen LogP contribution in [0.2, 0.25) is 0 Å². The lowest BCUT2D eigenvalue weighted by Crippen LogP contribution is -2.40. The van der Waals surface area contributed by atoms with Gasteiger partial charge in [0.15, 0.2) is 0 Å². The first kappa shape index (κ1) is 19.5. The van der Waals surface area contributed by atoms with Crippen molar-refractivity contribution in [3.8, 4) is 0 Å². The summed E-state index contributed by atoms with van der Waals surface area (Å²) >= 11 is 3.58. The van der Waals surface area contributed by atoms with E-state index in [-0.39, 0.29) is 11.9 Å². The zero-order valence-corrected chi connectivity index (χ0v) is 17.4. The number of pyridine rings is 1. The zero-order valence-electron chi connectivity index (χ0n) is 15.9. The number of nitrogens with zero attached hydrogens (tertiary/aromatic N) is 2. The van der Waals surface area contributed by atoms with E-state index >= 15 is 0 Å². The van der Waals surface area contributed by atoms with Crippen molar-refractivity contribution in [3.05, 3.63) is 16.9 Å². The molecule has 2 amide bonds. The summed E-state index contributed by atoms with van der Waals surface area (Å²) in [4.78, 5) is 33.2. The van der Waals surface area contributed by atoms with E-state index in [4.69, 9.17) is 4.74 Å². The van der Waals surface area contributed by atoms with Gasteiger partial charge in [-0.25, -0.2) is 9.78 Å². The van der Waals surface area contributed by atoms with Gasteiger partial charge in [0, 0.05) is 32.4 Å². The third-order valence-electron chi connectivity index (χ3n) is 4.17. The van der Waals surface area contributed by atoms with E-state index in [1.807, 2.05) is 20.8 Å². The predicted octanol–water partition coefficient (Wildman–Crippen LogP) is 3.39. The Balaban J connectivity index is 1.82. The van der Waals surface area contributed by atoms with Gasteiger partial charge in [-0.05, 0) is 43.1 Å². The maximum absolute atomic E-state index is 12.0. The molecule has 0 saturated carbocycles. The van der Waals surface area contributed by atoms with Crippen LogP contribution in [0.1, 0.15) is 34.1 Å². The number of aromatic amines is 1. The molecule has 1 aliphatic rings. The number of fused-ring (bicyclic) bond motifs is 1. The van der Waals surface area contributed by atoms with E-state index in [0.29, 0.717) is 17.9 Å². The number of carbonyl (C=O) groups is 2. The number of H-pyrrole nitrogens is 1. The van der Waals surface area contributed by atoms with Crippen LogP contribution in [-0.4, -0.2) is 46.7 Å². The summed E-state index contributed by atoms with van der Waals surface area (Å²) in [5.41, 5.74) is 1.80. The topological polar surface area (TPSA) is 99.4 Å². The van der Waals surface area contributed by atoms with E-state index in [1.165, 1.54) is 6.92 Å². The summed E-state index contributed by atoms with van der Waals surface area (Å²) < 4.78 is 6.18. The molecule has 0 unspecified atom stereocenters. The molecule has 0 radical (unpaired) electrons. The van der Waals surface area contributed by atoms with Crippen LogP contribution in [0.4, 0.5) is 16.2 Å². The molecule has 1 saturated heterocycles. The number of halogens is 1. The fourth-order valence-electron chi connectivity index (χ4n) is 3.21. The van der Waals surface area contributed by atoms with Gasteiger partial charge in [0.1, 0.15) is 11.2 Å². The lowest BCUT2D eigenvalue weighted by Gasteiger charge is -2.23. The van der Waals surface area contributed by atoms with Crippen molar-refractivity contribution < 1.29 is 14.3 Å². The average Bonchev–Trinajstić information content (AvgIpc) is 3.12. The Morgan fingerprint density at radius 1 is 1.41 bits per heavy atom. The number of hydrogen-bond donors (Lipinski definition) is 3. The van der Waals surface area contributed by atoms with Crippen LogP contribution in [0.3, 0.4) is 0 Å². The number of ether oxygens (including phenoxy) is 1. The summed E-state index contributed by atoms with van der Waals surface area (Å²) in [7, 11) is 0. The molecule has 9 heteroatoms. The molecule has 1 atom stereocenters. The fraction of sp³-hybridized carbons (Fsp3) is 0.500. The van der Waals surface area contributed by atoms with Gasteiger partial charge in [-0.2, -0.15) is 0 Å². The number of alkyl carbamates (subject to hydrolysis) is 1. The number of hydrogen-bond acceptors (Lipinski definition) is 5. The molecular formula is C18H24BrN5O3. The van der Waals surface area contributed by atoms with Crippen LogP contribution in [0.15, 0.2) is 16.9 Å². The van der Waals surface area contributed by atoms with Crippen LogP contribution in [0, 0.1) is 0 Å². The highest BCUT2D eigenvalue weighted by Gasteiger charge is 2.29. The Morgan fingerprint density at radius 2 is 2.15 bits per heavy atom. The number of amides is 2. The van der Waals surface area contributed by atoms with Gasteiger partial charge in [0.25, 0.3) is 0 Å². The van der Waals surface area contributed by atoms with Crippen molar-refractivity contribution in [2.75, 3.05) is 23.3 Å². The standard InChI is InChI=1S/C18H24BrN5O3/c1-10(25)22-13-8-21-16-14(13)15(12(19)7-20-16)24-6-5-11(9-24)23-17(26)27-18(2,3)4/h7-8,11H,5-6,9H2,1-4H3,(H,20,21)(H,22,25)(H,23,26)/t11-/m0/s1. The molecule has 0 bridgehead atoms. The zero-order chi connectivity index (χ0) is 19.8. The minimum absolute atomic E-state index is 0.0156. The van der Waals surface area contributed by atoms with Crippen molar-refractivity contribution in [2.45, 2.75) is 45.8 Å². The largest absolute Gasteiger partial charge is 0.444 e. The summed E-state index contributed by atoms with van der Waals surface area (Å²) in [6.45, 7) is 8.40. The molecule has 1 aliphatic heterocycles. The van der Waals surface area contributed by atoms with E-state index in [1.54, 1.807) is 12.4 Å². The maximum Gasteiger partial charge on any atom is 0.407 e. The van der Waals surface area contributed by atoms with Crippen LogP contribution >= 0.6 is 15.9 Å². The summed E-state index contributed by atoms with van der Waals surface area (Å²) in [5, 5.41) is 6.62. The third kappa shape index (κ3) is 4.52. The highest BCUT2D eigenvalue weighted by Crippen LogP contribution is 2.39. The van der Waals surface area contributed by atoms with E-state index < -0.39 is 11.7 Å². The number of nitrogens with one attached hydrogen (secondary N) is 3. The Kier molecular flexibility index (Phi) is 5.32. The third-order valence-corrected chi connectivity index (χ3v) is 4.75. The molecule has 3 N–H and O–H groups in total. The first-order valence-corrected chi connectivity index (χ1v) is 9.61. The lowest BCUT2D eigenvalue weighted by molar-refractivity contribution is -0.114. The quantitative estimate of drug-likeness (QED) is 0.683. The SMILES string of the molecule is CC(=O)Nc1c[nH]c2ncc(Br)c(N3CC[C@H](NC(=O)OC(C)(C)C)C3)c12. The van der Waals surface area contributed by atoms with Gasteiger partial charge >= 0.3 is 6.09 Å². The second kappa shape index (κ2) is 7.38. The van der Waals surface area contributed by atoms with Crippen molar-refractivity contribution in [3.63, 3.8) is 0 Å². The summed E-state index contributed by atoms with van der Waals surface area (Å²) in [6.07, 6.45) is 3.87. The molecule has 0 aliphatic carbocycles. The molecule has 2 aromatic heterocycles. The number of rotatable bonds is 3. The Bertz CT molecular complexity index is 874. The minimum atomic E-state index is -0.527. The smallest absolute Gasteiger partial charge is 0.407 e. The van der Waals surface area contributed by atoms with Gasteiger partial charge in [0.2, 0.25) is 5.91 Å². The first-order chi connectivity index (χ1) is 12.6. The van der Waals surface area contributed by atoms with Gasteiger partial charge in [0.05, 0.1) is 27.3 Å². The Hall–Kier alpha value is -2.29. The summed E-state index contributed by atoms with van der Waals surface area (Å²) in [5.74, 6) is -0.146. The van der Waals surface area contributed by atoms with Gasteiger partial charge in [-0.1, -0.05) is 0 Å². The van der Waals surface area contributed by atoms with Gasteiger partial charge in [-0.3, -0.25) is 4.79 Å². The van der Waals surface area contributed by atoms with Gasteiger partial charge in [-0.15, -0.1) is 0 Å².